The molecule has 0 saturated carbocycles. The van der Waals surface area contributed by atoms with E-state index in [1.165, 1.54) is 12.0 Å². The third-order valence-corrected chi connectivity index (χ3v) is 6.52. The summed E-state index contributed by atoms with van der Waals surface area (Å²) < 4.78 is 37.7. The molecule has 0 bridgehead atoms. The third-order valence-electron chi connectivity index (χ3n) is 5.08. The quantitative estimate of drug-likeness (QED) is 0.608. The van der Waals surface area contributed by atoms with Crippen LogP contribution in [-0.2, 0) is 30.8 Å². The van der Waals surface area contributed by atoms with Gasteiger partial charge in [0.25, 0.3) is 0 Å². The highest BCUT2D eigenvalue weighted by molar-refractivity contribution is 7.89. The Hall–Kier alpha value is -2.91. The van der Waals surface area contributed by atoms with Gasteiger partial charge in [0.2, 0.25) is 22.0 Å². The average molecular weight is 461 g/mol. The number of ether oxygens (including phenoxy) is 2. The van der Waals surface area contributed by atoms with Gasteiger partial charge in [-0.05, 0) is 42.2 Å². The zero-order valence-corrected chi connectivity index (χ0v) is 19.2. The van der Waals surface area contributed by atoms with Gasteiger partial charge in [0.05, 0.1) is 24.2 Å². The van der Waals surface area contributed by atoms with Crippen LogP contribution < -0.4 is 14.4 Å². The van der Waals surface area contributed by atoms with Crippen molar-refractivity contribution in [3.63, 3.8) is 0 Å². The maximum atomic E-state index is 13.0. The number of nitrogens with zero attached hydrogens (tertiary/aromatic N) is 1. The number of esters is 1. The molecule has 1 heterocycles. The smallest absolute Gasteiger partial charge is 0.348 e. The second-order valence-electron chi connectivity index (χ2n) is 7.99. The van der Waals surface area contributed by atoms with Crippen molar-refractivity contribution < 1.29 is 27.5 Å². The number of amides is 1. The van der Waals surface area contributed by atoms with Crippen LogP contribution in [0.5, 0.6) is 5.75 Å². The fraction of sp³-hybridized carbons (Fsp3) is 0.391. The van der Waals surface area contributed by atoms with Gasteiger partial charge >= 0.3 is 5.97 Å². The minimum atomic E-state index is -3.55. The van der Waals surface area contributed by atoms with E-state index in [4.69, 9.17) is 9.47 Å². The number of para-hydroxylation sites is 2. The fourth-order valence-electron chi connectivity index (χ4n) is 3.31. The molecular weight excluding hydrogens is 432 g/mol. The van der Waals surface area contributed by atoms with Gasteiger partial charge in [0.15, 0.2) is 0 Å². The van der Waals surface area contributed by atoms with Gasteiger partial charge in [-0.1, -0.05) is 38.1 Å². The van der Waals surface area contributed by atoms with Crippen LogP contribution in [-0.4, -0.2) is 46.6 Å². The maximum absolute atomic E-state index is 13.0. The van der Waals surface area contributed by atoms with Crippen LogP contribution in [0.1, 0.15) is 25.8 Å². The number of rotatable bonds is 8. The average Bonchev–Trinajstić information content (AvgIpc) is 2.80. The zero-order valence-electron chi connectivity index (χ0n) is 18.4. The SMILES string of the molecule is COC(=O)[C@H]1CN(C(=O)CCc2ccc(S(=O)(=O)NCC(C)C)cc2)c2ccccc2O1. The van der Waals surface area contributed by atoms with E-state index in [0.717, 1.165) is 5.56 Å². The summed E-state index contributed by atoms with van der Waals surface area (Å²) in [5, 5.41) is 0. The Morgan fingerprint density at radius 3 is 2.50 bits per heavy atom. The Kier molecular flexibility index (Phi) is 7.52. The van der Waals surface area contributed by atoms with Crippen molar-refractivity contribution in [2.75, 3.05) is 25.1 Å². The van der Waals surface area contributed by atoms with E-state index in [1.807, 2.05) is 13.8 Å². The van der Waals surface area contributed by atoms with Crippen molar-refractivity contribution in [2.24, 2.45) is 5.92 Å². The van der Waals surface area contributed by atoms with E-state index in [0.29, 0.717) is 24.4 Å². The number of benzene rings is 2. The van der Waals surface area contributed by atoms with E-state index in [1.54, 1.807) is 48.5 Å². The zero-order chi connectivity index (χ0) is 23.3. The summed E-state index contributed by atoms with van der Waals surface area (Å²) in [6.45, 7) is 4.30. The lowest BCUT2D eigenvalue weighted by Gasteiger charge is -2.33. The first-order chi connectivity index (χ1) is 15.2. The molecule has 0 radical (unpaired) electrons. The number of nitrogens with one attached hydrogen (secondary N) is 1. The van der Waals surface area contributed by atoms with Crippen LogP contribution in [0.3, 0.4) is 0 Å². The molecule has 2 aromatic carbocycles. The molecule has 1 atom stereocenters. The normalized spacial score (nSPS) is 15.8. The minimum absolute atomic E-state index is 0.0707. The van der Waals surface area contributed by atoms with Crippen LogP contribution in [0.15, 0.2) is 53.4 Å². The van der Waals surface area contributed by atoms with Crippen LogP contribution in [0, 0.1) is 5.92 Å². The number of hydrogen-bond acceptors (Lipinski definition) is 6. The number of fused-ring (bicyclic) bond motifs is 1. The van der Waals surface area contributed by atoms with Gasteiger partial charge < -0.3 is 14.4 Å². The lowest BCUT2D eigenvalue weighted by molar-refractivity contribution is -0.148. The van der Waals surface area contributed by atoms with Gasteiger partial charge in [-0.3, -0.25) is 4.79 Å². The van der Waals surface area contributed by atoms with E-state index in [9.17, 15) is 18.0 Å². The molecule has 8 nitrogen and oxygen atoms in total. The van der Waals surface area contributed by atoms with Gasteiger partial charge in [-0.2, -0.15) is 0 Å². The highest BCUT2D eigenvalue weighted by Crippen LogP contribution is 2.33. The van der Waals surface area contributed by atoms with Crippen molar-refractivity contribution in [3.05, 3.63) is 54.1 Å². The predicted molar refractivity (Wildman–Crippen MR) is 120 cm³/mol. The fourth-order valence-corrected chi connectivity index (χ4v) is 4.52. The summed E-state index contributed by atoms with van der Waals surface area (Å²) >= 11 is 0. The number of sulfonamides is 1. The Balaban J connectivity index is 1.67. The molecule has 0 aromatic heterocycles. The van der Waals surface area contributed by atoms with E-state index < -0.39 is 22.1 Å². The maximum Gasteiger partial charge on any atom is 0.348 e. The summed E-state index contributed by atoms with van der Waals surface area (Å²) in [6.07, 6.45) is -0.261. The number of carbonyl (C=O) groups is 2. The van der Waals surface area contributed by atoms with E-state index in [-0.39, 0.29) is 29.7 Å². The van der Waals surface area contributed by atoms with Crippen molar-refractivity contribution in [3.8, 4) is 5.75 Å². The topological polar surface area (TPSA) is 102 Å². The molecule has 0 aliphatic carbocycles. The molecule has 32 heavy (non-hydrogen) atoms. The molecule has 1 amide bonds. The first-order valence-electron chi connectivity index (χ1n) is 10.4. The standard InChI is InChI=1S/C23H28N2O6S/c1-16(2)14-24-32(28,29)18-11-8-17(9-12-18)10-13-22(26)25-15-21(23(27)30-3)31-20-7-5-4-6-19(20)25/h4-9,11-12,16,21,24H,10,13-15H2,1-3H3/t21-/m1/s1. The van der Waals surface area contributed by atoms with Crippen molar-refractivity contribution >= 4 is 27.6 Å². The van der Waals surface area contributed by atoms with Gasteiger partial charge in [-0.25, -0.2) is 17.9 Å². The van der Waals surface area contributed by atoms with Gasteiger partial charge in [0, 0.05) is 13.0 Å². The number of anilines is 1. The van der Waals surface area contributed by atoms with Crippen LogP contribution in [0.2, 0.25) is 0 Å². The molecule has 1 N–H and O–H groups in total. The Bertz CT molecular complexity index is 1070. The highest BCUT2D eigenvalue weighted by atomic mass is 32.2. The molecule has 9 heteroatoms. The number of aryl methyl sites for hydroxylation is 1. The lowest BCUT2D eigenvalue weighted by atomic mass is 10.1. The monoisotopic (exact) mass is 460 g/mol. The Morgan fingerprint density at radius 1 is 1.16 bits per heavy atom. The summed E-state index contributed by atoms with van der Waals surface area (Å²) in [5.74, 6) is -0.0461. The molecule has 2 aromatic rings. The molecule has 1 aliphatic heterocycles. The molecule has 0 fully saturated rings. The van der Waals surface area contributed by atoms with Crippen molar-refractivity contribution in [2.45, 2.75) is 37.7 Å². The van der Waals surface area contributed by atoms with Gasteiger partial charge in [-0.15, -0.1) is 0 Å². The molecular formula is C23H28N2O6S. The molecule has 0 saturated heterocycles. The molecule has 0 spiro atoms. The number of hydrogen-bond donors (Lipinski definition) is 1. The first kappa shape index (κ1) is 23.7. The molecule has 1 aliphatic rings. The third kappa shape index (κ3) is 5.66. The Morgan fingerprint density at radius 2 is 1.84 bits per heavy atom. The van der Waals surface area contributed by atoms with Crippen molar-refractivity contribution in [1.82, 2.24) is 4.72 Å². The summed E-state index contributed by atoms with van der Waals surface area (Å²) in [4.78, 5) is 26.7. The van der Waals surface area contributed by atoms with Crippen molar-refractivity contribution in [1.29, 1.82) is 0 Å². The van der Waals surface area contributed by atoms with E-state index >= 15 is 0 Å². The minimum Gasteiger partial charge on any atom is -0.475 e. The van der Waals surface area contributed by atoms with Crippen LogP contribution in [0.4, 0.5) is 5.69 Å². The van der Waals surface area contributed by atoms with Crippen LogP contribution >= 0.6 is 0 Å². The highest BCUT2D eigenvalue weighted by Gasteiger charge is 2.34. The van der Waals surface area contributed by atoms with Crippen LogP contribution in [0.25, 0.3) is 0 Å². The summed E-state index contributed by atoms with van der Waals surface area (Å²) in [5.41, 5.74) is 1.45. The summed E-state index contributed by atoms with van der Waals surface area (Å²) in [6, 6.07) is 13.5. The molecule has 0 unspecified atom stereocenters. The largest absolute Gasteiger partial charge is 0.475 e. The second-order valence-corrected chi connectivity index (χ2v) is 9.76. The molecule has 3 rings (SSSR count). The van der Waals surface area contributed by atoms with E-state index in [2.05, 4.69) is 4.72 Å². The number of methoxy groups -OCH3 is 1. The second kappa shape index (κ2) is 10.1. The Labute approximate surface area is 188 Å². The lowest BCUT2D eigenvalue weighted by Crippen LogP contribution is -2.47. The predicted octanol–water partition coefficient (Wildman–Crippen LogP) is 2.52. The summed E-state index contributed by atoms with van der Waals surface area (Å²) in [7, 11) is -2.28. The first-order valence-corrected chi connectivity index (χ1v) is 11.9. The number of carbonyl (C=O) groups excluding carboxylic acids is 2. The molecule has 172 valence electrons. The van der Waals surface area contributed by atoms with Gasteiger partial charge in [0.1, 0.15) is 5.75 Å².